The van der Waals surface area contributed by atoms with Gasteiger partial charge in [0.25, 0.3) is 0 Å². The molecule has 3 nitrogen and oxygen atoms in total. The van der Waals surface area contributed by atoms with Gasteiger partial charge < -0.3 is 10.6 Å². The summed E-state index contributed by atoms with van der Waals surface area (Å²) >= 11 is 0. The highest BCUT2D eigenvalue weighted by Gasteiger charge is 2.35. The van der Waals surface area contributed by atoms with Crippen LogP contribution in [0.5, 0.6) is 0 Å². The molecular weight excluding hydrogens is 195 g/mol. The highest BCUT2D eigenvalue weighted by atomic mass is 19.4. The van der Waals surface area contributed by atoms with Gasteiger partial charge in [0.1, 0.15) is 0 Å². The molecule has 1 aliphatic heterocycles. The molecule has 0 aromatic carbocycles. The van der Waals surface area contributed by atoms with E-state index in [1.165, 1.54) is 0 Å². The van der Waals surface area contributed by atoms with Crippen molar-refractivity contribution in [2.24, 2.45) is 10.9 Å². The summed E-state index contributed by atoms with van der Waals surface area (Å²) in [6.45, 7) is 3.54. The van der Waals surface area contributed by atoms with E-state index in [1.807, 2.05) is 6.92 Å². The topological polar surface area (TPSA) is 36.4 Å². The lowest BCUT2D eigenvalue weighted by Crippen LogP contribution is -2.41. The van der Waals surface area contributed by atoms with E-state index in [1.54, 1.807) is 0 Å². The van der Waals surface area contributed by atoms with Gasteiger partial charge in [-0.2, -0.15) is 13.2 Å². The van der Waals surface area contributed by atoms with Crippen molar-refractivity contribution in [3.8, 4) is 0 Å². The average molecular weight is 209 g/mol. The molecule has 0 aromatic rings. The van der Waals surface area contributed by atoms with E-state index in [0.29, 0.717) is 12.5 Å². The van der Waals surface area contributed by atoms with E-state index >= 15 is 0 Å². The summed E-state index contributed by atoms with van der Waals surface area (Å²) in [6.07, 6.45) is -4.14. The zero-order chi connectivity index (χ0) is 10.8. The number of halogens is 3. The Labute approximate surface area is 80.8 Å². The van der Waals surface area contributed by atoms with Gasteiger partial charge in [-0.05, 0) is 6.92 Å². The van der Waals surface area contributed by atoms with Gasteiger partial charge in [0.2, 0.25) is 0 Å². The van der Waals surface area contributed by atoms with Crippen molar-refractivity contribution >= 4 is 5.96 Å². The predicted molar refractivity (Wildman–Crippen MR) is 48.1 cm³/mol. The van der Waals surface area contributed by atoms with Crippen molar-refractivity contribution < 1.29 is 13.2 Å². The first kappa shape index (κ1) is 11.1. The fourth-order valence-corrected chi connectivity index (χ4v) is 1.03. The molecule has 1 rings (SSSR count). The molecule has 2 unspecified atom stereocenters. The van der Waals surface area contributed by atoms with Crippen molar-refractivity contribution in [1.29, 1.82) is 0 Å². The number of alkyl halides is 3. The van der Waals surface area contributed by atoms with Crippen LogP contribution in [0.3, 0.4) is 0 Å². The first-order chi connectivity index (χ1) is 6.39. The smallest absolute Gasteiger partial charge is 0.356 e. The van der Waals surface area contributed by atoms with Gasteiger partial charge >= 0.3 is 6.18 Å². The van der Waals surface area contributed by atoms with Crippen LogP contribution in [-0.2, 0) is 0 Å². The molecule has 0 saturated heterocycles. The molecule has 0 saturated carbocycles. The Kier molecular flexibility index (Phi) is 3.23. The first-order valence-electron chi connectivity index (χ1n) is 4.51. The molecule has 14 heavy (non-hydrogen) atoms. The van der Waals surface area contributed by atoms with E-state index in [9.17, 15) is 13.2 Å². The minimum Gasteiger partial charge on any atom is -0.356 e. The fraction of sp³-hybridized carbons (Fsp3) is 0.875. The second-order valence-electron chi connectivity index (χ2n) is 3.56. The molecule has 6 heteroatoms. The van der Waals surface area contributed by atoms with E-state index < -0.39 is 12.1 Å². The quantitative estimate of drug-likeness (QED) is 0.715. The standard InChI is InChI=1S/C8H14F3N3/c1-5(8(9,10)11)3-12-7-13-4-6(2)14-7/h5-6H,3-4H2,1-2H3,(H2,12,13,14). The molecule has 0 radical (unpaired) electrons. The van der Waals surface area contributed by atoms with Gasteiger partial charge in [0, 0.05) is 12.6 Å². The number of hydrogen-bond donors (Lipinski definition) is 2. The van der Waals surface area contributed by atoms with Crippen LogP contribution in [0.25, 0.3) is 0 Å². The number of guanidine groups is 1. The normalized spacial score (nSPS) is 24.1. The zero-order valence-corrected chi connectivity index (χ0v) is 8.15. The van der Waals surface area contributed by atoms with Crippen LogP contribution < -0.4 is 10.6 Å². The maximum Gasteiger partial charge on any atom is 0.393 e. The van der Waals surface area contributed by atoms with Crippen LogP contribution in [0.2, 0.25) is 0 Å². The number of aliphatic imine (C=N–C) groups is 1. The predicted octanol–water partition coefficient (Wildman–Crippen LogP) is 1.12. The zero-order valence-electron chi connectivity index (χ0n) is 8.15. The van der Waals surface area contributed by atoms with Gasteiger partial charge in [0.15, 0.2) is 5.96 Å². The molecule has 82 valence electrons. The van der Waals surface area contributed by atoms with Crippen LogP contribution in [-0.4, -0.2) is 31.3 Å². The summed E-state index contributed by atoms with van der Waals surface area (Å²) in [7, 11) is 0. The SMILES string of the molecule is CC1CN=C(NCC(C)C(F)(F)F)N1. The van der Waals surface area contributed by atoms with Gasteiger partial charge in [-0.3, -0.25) is 4.99 Å². The van der Waals surface area contributed by atoms with Crippen LogP contribution in [0, 0.1) is 5.92 Å². The number of hydrogen-bond acceptors (Lipinski definition) is 3. The van der Waals surface area contributed by atoms with Crippen LogP contribution in [0.15, 0.2) is 4.99 Å². The Bertz CT molecular complexity index is 224. The Balaban J connectivity index is 2.28. The molecule has 1 aliphatic rings. The summed E-state index contributed by atoms with van der Waals surface area (Å²) in [4.78, 5) is 4.00. The molecule has 2 N–H and O–H groups in total. The van der Waals surface area contributed by atoms with Gasteiger partial charge in [-0.15, -0.1) is 0 Å². The molecule has 2 atom stereocenters. The molecule has 0 aliphatic carbocycles. The molecular formula is C8H14F3N3. The second kappa shape index (κ2) is 4.06. The number of nitrogens with one attached hydrogen (secondary N) is 2. The fourth-order valence-electron chi connectivity index (χ4n) is 1.03. The number of nitrogens with zero attached hydrogens (tertiary/aromatic N) is 1. The summed E-state index contributed by atoms with van der Waals surface area (Å²) < 4.78 is 36.3. The van der Waals surface area contributed by atoms with Crippen molar-refractivity contribution in [2.45, 2.75) is 26.1 Å². The van der Waals surface area contributed by atoms with E-state index in [0.717, 1.165) is 6.92 Å². The molecule has 0 aromatic heterocycles. The van der Waals surface area contributed by atoms with Gasteiger partial charge in [0.05, 0.1) is 12.5 Å². The monoisotopic (exact) mass is 209 g/mol. The summed E-state index contributed by atoms with van der Waals surface area (Å²) in [5.74, 6) is -0.892. The summed E-state index contributed by atoms with van der Waals surface area (Å²) in [5.41, 5.74) is 0. The molecule has 1 heterocycles. The third kappa shape index (κ3) is 3.08. The lowest BCUT2D eigenvalue weighted by atomic mass is 10.2. The van der Waals surface area contributed by atoms with E-state index in [-0.39, 0.29) is 12.6 Å². The molecule has 0 bridgehead atoms. The van der Waals surface area contributed by atoms with Crippen molar-refractivity contribution in [1.82, 2.24) is 10.6 Å². The van der Waals surface area contributed by atoms with E-state index in [4.69, 9.17) is 0 Å². The maximum atomic E-state index is 12.1. The lowest BCUT2D eigenvalue weighted by molar-refractivity contribution is -0.167. The Morgan fingerprint density at radius 2 is 2.29 bits per heavy atom. The average Bonchev–Trinajstić information content (AvgIpc) is 2.45. The molecule has 0 spiro atoms. The van der Waals surface area contributed by atoms with Crippen molar-refractivity contribution in [3.63, 3.8) is 0 Å². The van der Waals surface area contributed by atoms with Crippen LogP contribution in [0.4, 0.5) is 13.2 Å². The van der Waals surface area contributed by atoms with Crippen LogP contribution >= 0.6 is 0 Å². The Hall–Kier alpha value is -0.940. The largest absolute Gasteiger partial charge is 0.393 e. The summed E-state index contributed by atoms with van der Waals surface area (Å²) in [5, 5.41) is 5.57. The maximum absolute atomic E-state index is 12.1. The molecule has 0 fully saturated rings. The van der Waals surface area contributed by atoms with E-state index in [2.05, 4.69) is 15.6 Å². The van der Waals surface area contributed by atoms with Gasteiger partial charge in [-0.25, -0.2) is 0 Å². The minimum absolute atomic E-state index is 0.137. The Morgan fingerprint density at radius 1 is 1.64 bits per heavy atom. The second-order valence-corrected chi connectivity index (χ2v) is 3.56. The van der Waals surface area contributed by atoms with Gasteiger partial charge in [-0.1, -0.05) is 6.92 Å². The molecule has 0 amide bonds. The first-order valence-corrected chi connectivity index (χ1v) is 4.51. The Morgan fingerprint density at radius 3 is 2.71 bits per heavy atom. The van der Waals surface area contributed by atoms with Crippen LogP contribution in [0.1, 0.15) is 13.8 Å². The highest BCUT2D eigenvalue weighted by molar-refractivity contribution is 5.81. The minimum atomic E-state index is -4.14. The summed E-state index contributed by atoms with van der Waals surface area (Å²) in [6, 6.07) is 0.207. The third-order valence-corrected chi connectivity index (χ3v) is 2.04. The lowest BCUT2D eigenvalue weighted by Gasteiger charge is -2.17. The van der Waals surface area contributed by atoms with Crippen molar-refractivity contribution in [2.75, 3.05) is 13.1 Å². The third-order valence-electron chi connectivity index (χ3n) is 2.04. The van der Waals surface area contributed by atoms with Crippen molar-refractivity contribution in [3.05, 3.63) is 0 Å². The highest BCUT2D eigenvalue weighted by Crippen LogP contribution is 2.24. The number of rotatable bonds is 2.